The molecule has 1 spiro atoms. The van der Waals surface area contributed by atoms with Gasteiger partial charge in [-0.3, -0.25) is 4.79 Å². The molecule has 1 aromatic heterocycles. The molecule has 3 heterocycles. The number of carbonyl (C=O) groups excluding carboxylic acids is 1. The molecular formula is C16H22N2O2S. The lowest BCUT2D eigenvalue weighted by molar-refractivity contribution is -0.179. The van der Waals surface area contributed by atoms with Gasteiger partial charge in [0.2, 0.25) is 5.91 Å². The van der Waals surface area contributed by atoms with E-state index in [1.165, 1.54) is 22.8 Å². The van der Waals surface area contributed by atoms with Crippen molar-refractivity contribution in [3.63, 3.8) is 0 Å². The van der Waals surface area contributed by atoms with E-state index in [1.807, 2.05) is 4.90 Å². The summed E-state index contributed by atoms with van der Waals surface area (Å²) in [6, 6.07) is 3.94. The number of hydroxylamine groups is 2. The van der Waals surface area contributed by atoms with Crippen LogP contribution in [0.3, 0.4) is 0 Å². The molecule has 3 aliphatic rings. The SMILES string of the molecule is O=C(C1CCC2(CC2)CN1O)N1CCC(c2cccs2)C1. The van der Waals surface area contributed by atoms with Crippen molar-refractivity contribution in [2.45, 2.75) is 44.1 Å². The highest BCUT2D eigenvalue weighted by molar-refractivity contribution is 7.10. The van der Waals surface area contributed by atoms with E-state index >= 15 is 0 Å². The normalized spacial score (nSPS) is 31.8. The van der Waals surface area contributed by atoms with Crippen molar-refractivity contribution in [3.8, 4) is 0 Å². The molecule has 1 N–H and O–H groups in total. The molecule has 2 aliphatic heterocycles. The molecule has 5 heteroatoms. The lowest BCUT2D eigenvalue weighted by Gasteiger charge is -2.36. The molecule has 1 saturated carbocycles. The summed E-state index contributed by atoms with van der Waals surface area (Å²) in [4.78, 5) is 16.0. The second kappa shape index (κ2) is 5.07. The topological polar surface area (TPSA) is 43.8 Å². The zero-order valence-electron chi connectivity index (χ0n) is 12.2. The van der Waals surface area contributed by atoms with Crippen LogP contribution < -0.4 is 0 Å². The number of nitrogens with zero attached hydrogens (tertiary/aromatic N) is 2. The van der Waals surface area contributed by atoms with E-state index in [9.17, 15) is 10.0 Å². The van der Waals surface area contributed by atoms with E-state index in [1.54, 1.807) is 11.3 Å². The summed E-state index contributed by atoms with van der Waals surface area (Å²) in [7, 11) is 0. The fraction of sp³-hybridized carbons (Fsp3) is 0.688. The Hall–Kier alpha value is -0.910. The molecular weight excluding hydrogens is 284 g/mol. The Balaban J connectivity index is 1.39. The zero-order chi connectivity index (χ0) is 14.4. The lowest BCUT2D eigenvalue weighted by atomic mass is 9.91. The molecule has 0 radical (unpaired) electrons. The largest absolute Gasteiger partial charge is 0.341 e. The van der Waals surface area contributed by atoms with Crippen LogP contribution in [0.5, 0.6) is 0 Å². The Morgan fingerprint density at radius 3 is 2.86 bits per heavy atom. The van der Waals surface area contributed by atoms with E-state index in [0.29, 0.717) is 17.9 Å². The molecule has 114 valence electrons. The summed E-state index contributed by atoms with van der Waals surface area (Å²) in [5, 5.41) is 13.6. The van der Waals surface area contributed by atoms with Gasteiger partial charge in [0.15, 0.2) is 0 Å². The van der Waals surface area contributed by atoms with Crippen LogP contribution in [-0.4, -0.2) is 46.8 Å². The number of hydrogen-bond acceptors (Lipinski definition) is 4. The van der Waals surface area contributed by atoms with Crippen LogP contribution in [-0.2, 0) is 4.79 Å². The maximum Gasteiger partial charge on any atom is 0.242 e. The Morgan fingerprint density at radius 1 is 1.33 bits per heavy atom. The van der Waals surface area contributed by atoms with Crippen LogP contribution in [0.25, 0.3) is 0 Å². The molecule has 0 aromatic carbocycles. The summed E-state index contributed by atoms with van der Waals surface area (Å²) >= 11 is 1.78. The second-order valence-electron chi connectivity index (χ2n) is 6.94. The molecule has 2 atom stereocenters. The first-order valence-corrected chi connectivity index (χ1v) is 8.83. The van der Waals surface area contributed by atoms with E-state index < -0.39 is 0 Å². The third kappa shape index (κ3) is 2.51. The summed E-state index contributed by atoms with van der Waals surface area (Å²) in [5.41, 5.74) is 0.343. The van der Waals surface area contributed by atoms with Crippen molar-refractivity contribution >= 4 is 17.2 Å². The zero-order valence-corrected chi connectivity index (χ0v) is 13.0. The smallest absolute Gasteiger partial charge is 0.242 e. The Morgan fingerprint density at radius 2 is 2.19 bits per heavy atom. The molecule has 1 aliphatic carbocycles. The average Bonchev–Trinajstić information content (AvgIpc) is 2.94. The number of likely N-dealkylation sites (tertiary alicyclic amines) is 1. The van der Waals surface area contributed by atoms with Crippen molar-refractivity contribution in [2.75, 3.05) is 19.6 Å². The van der Waals surface area contributed by atoms with Crippen molar-refractivity contribution in [1.29, 1.82) is 0 Å². The van der Waals surface area contributed by atoms with Gasteiger partial charge in [0.1, 0.15) is 6.04 Å². The quantitative estimate of drug-likeness (QED) is 0.913. The molecule has 0 bridgehead atoms. The summed E-state index contributed by atoms with van der Waals surface area (Å²) in [6.45, 7) is 2.33. The Labute approximate surface area is 129 Å². The first kappa shape index (κ1) is 13.7. The van der Waals surface area contributed by atoms with Crippen LogP contribution >= 0.6 is 11.3 Å². The summed E-state index contributed by atoms with van der Waals surface area (Å²) < 4.78 is 0. The first-order chi connectivity index (χ1) is 10.2. The Kier molecular flexibility index (Phi) is 3.32. The number of thiophene rings is 1. The molecule has 1 aromatic rings. The number of hydrogen-bond donors (Lipinski definition) is 1. The maximum atomic E-state index is 12.7. The molecule has 4 nitrogen and oxygen atoms in total. The highest BCUT2D eigenvalue weighted by atomic mass is 32.1. The van der Waals surface area contributed by atoms with Gasteiger partial charge in [-0.25, -0.2) is 0 Å². The third-order valence-electron chi connectivity index (χ3n) is 5.49. The lowest BCUT2D eigenvalue weighted by Crippen LogP contribution is -2.51. The number of amides is 1. The summed E-state index contributed by atoms with van der Waals surface area (Å²) in [5.74, 6) is 0.617. The van der Waals surface area contributed by atoms with Crippen LogP contribution in [0.1, 0.15) is 42.9 Å². The standard InChI is InChI=1S/C16H22N2O2S/c19-15(13-3-5-16(6-7-16)11-18(13)20)17-8-4-12(10-17)14-2-1-9-21-14/h1-2,9,12-13,20H,3-8,10-11H2. The van der Waals surface area contributed by atoms with Crippen LogP contribution in [0.2, 0.25) is 0 Å². The van der Waals surface area contributed by atoms with Crippen molar-refractivity contribution in [3.05, 3.63) is 22.4 Å². The highest BCUT2D eigenvalue weighted by Crippen LogP contribution is 2.52. The predicted molar refractivity (Wildman–Crippen MR) is 81.4 cm³/mol. The average molecular weight is 306 g/mol. The van der Waals surface area contributed by atoms with Gasteiger partial charge in [-0.15, -0.1) is 11.3 Å². The van der Waals surface area contributed by atoms with Gasteiger partial charge in [-0.2, -0.15) is 5.06 Å². The van der Waals surface area contributed by atoms with E-state index in [0.717, 1.165) is 32.4 Å². The highest BCUT2D eigenvalue weighted by Gasteiger charge is 2.50. The van der Waals surface area contributed by atoms with Gasteiger partial charge in [0, 0.05) is 30.4 Å². The maximum absolute atomic E-state index is 12.7. The van der Waals surface area contributed by atoms with Gasteiger partial charge >= 0.3 is 0 Å². The molecule has 21 heavy (non-hydrogen) atoms. The second-order valence-corrected chi connectivity index (χ2v) is 7.92. The minimum Gasteiger partial charge on any atom is -0.341 e. The number of rotatable bonds is 2. The van der Waals surface area contributed by atoms with Crippen molar-refractivity contribution in [2.24, 2.45) is 5.41 Å². The van der Waals surface area contributed by atoms with Gasteiger partial charge in [0.25, 0.3) is 0 Å². The molecule has 2 unspecified atom stereocenters. The first-order valence-electron chi connectivity index (χ1n) is 7.95. The number of piperidine rings is 1. The van der Waals surface area contributed by atoms with Gasteiger partial charge in [-0.05, 0) is 49.0 Å². The fourth-order valence-corrected chi connectivity index (χ4v) is 4.74. The minimum atomic E-state index is -0.307. The van der Waals surface area contributed by atoms with Gasteiger partial charge < -0.3 is 10.1 Å². The van der Waals surface area contributed by atoms with Crippen LogP contribution in [0, 0.1) is 5.41 Å². The van der Waals surface area contributed by atoms with Gasteiger partial charge in [0.05, 0.1) is 0 Å². The van der Waals surface area contributed by atoms with Crippen molar-refractivity contribution in [1.82, 2.24) is 9.96 Å². The predicted octanol–water partition coefficient (Wildman–Crippen LogP) is 2.70. The van der Waals surface area contributed by atoms with E-state index in [4.69, 9.17) is 0 Å². The van der Waals surface area contributed by atoms with E-state index in [-0.39, 0.29) is 11.9 Å². The monoisotopic (exact) mass is 306 g/mol. The molecule has 4 rings (SSSR count). The van der Waals surface area contributed by atoms with Crippen molar-refractivity contribution < 1.29 is 10.0 Å². The molecule has 3 fully saturated rings. The number of carbonyl (C=O) groups is 1. The Bertz CT molecular complexity index is 526. The van der Waals surface area contributed by atoms with E-state index in [2.05, 4.69) is 17.5 Å². The van der Waals surface area contributed by atoms with Gasteiger partial charge in [-0.1, -0.05) is 6.07 Å². The summed E-state index contributed by atoms with van der Waals surface area (Å²) in [6.07, 6.45) is 5.40. The fourth-order valence-electron chi connectivity index (χ4n) is 3.89. The van der Waals surface area contributed by atoms with Crippen LogP contribution in [0.15, 0.2) is 17.5 Å². The third-order valence-corrected chi connectivity index (χ3v) is 6.53. The minimum absolute atomic E-state index is 0.132. The molecule has 2 saturated heterocycles. The molecule has 1 amide bonds. The van der Waals surface area contributed by atoms with Crippen LogP contribution in [0.4, 0.5) is 0 Å².